The number of furan rings is 1. The van der Waals surface area contributed by atoms with E-state index in [1.54, 1.807) is 25.1 Å². The molecule has 0 amide bonds. The largest absolute Gasteiger partial charge is 0.507 e. The first-order valence-electron chi connectivity index (χ1n) is 13.1. The number of Topliss-reactive ketones (excluding diaryl/α,β-unsaturated/α-hetero) is 2. The summed E-state index contributed by atoms with van der Waals surface area (Å²) in [6.07, 6.45) is -0.617. The van der Waals surface area contributed by atoms with Gasteiger partial charge in [0.1, 0.15) is 33.6 Å². The average Bonchev–Trinajstić information content (AvgIpc) is 3.60. The third-order valence-electron chi connectivity index (χ3n) is 7.84. The summed E-state index contributed by atoms with van der Waals surface area (Å²) in [4.78, 5) is 51.5. The summed E-state index contributed by atoms with van der Waals surface area (Å²) in [6, 6.07) is 10.5. The molecule has 2 N–H and O–H groups in total. The zero-order valence-electron chi connectivity index (χ0n) is 23.6. The summed E-state index contributed by atoms with van der Waals surface area (Å²) < 4.78 is 27.8. The van der Waals surface area contributed by atoms with Gasteiger partial charge in [0.2, 0.25) is 11.4 Å². The van der Waals surface area contributed by atoms with Crippen LogP contribution in [-0.4, -0.2) is 60.6 Å². The number of aromatic carboxylic acids is 1. The standard InChI is InChI=1S/C31H27ClO11/c1-14-11-18(33)24(28(35)31(14)29(36)25-21(39-2)13-22(40-3)26(32)27(25)43-31)17(12-23(34)41-4)20-10-9-19(42-20)15-5-7-16(8-6-15)30(37)38/h5-10,13-14,17,35H,11-12H2,1-4H3,(H,37,38)/t14-,17+,31+/m1/s1. The Bertz CT molecular complexity index is 1680. The van der Waals surface area contributed by atoms with E-state index in [0.29, 0.717) is 11.3 Å². The molecule has 2 heterocycles. The van der Waals surface area contributed by atoms with Gasteiger partial charge in [0.15, 0.2) is 17.3 Å². The highest BCUT2D eigenvalue weighted by molar-refractivity contribution is 6.35. The first-order chi connectivity index (χ1) is 20.5. The number of carbonyl (C=O) groups is 4. The van der Waals surface area contributed by atoms with Gasteiger partial charge in [0.05, 0.1) is 39.2 Å². The number of ether oxygens (including phenoxy) is 4. The minimum atomic E-state index is -2.05. The third-order valence-corrected chi connectivity index (χ3v) is 8.20. The third kappa shape index (κ3) is 4.69. The number of aliphatic hydroxyl groups excluding tert-OH is 1. The number of carbonyl (C=O) groups excluding carboxylic acids is 3. The van der Waals surface area contributed by atoms with Crippen molar-refractivity contribution in [1.82, 2.24) is 0 Å². The van der Waals surface area contributed by atoms with Crippen molar-refractivity contribution in [3.63, 3.8) is 0 Å². The number of allylic oxidation sites excluding steroid dienone is 1. The number of hydrogen-bond donors (Lipinski definition) is 2. The molecule has 11 nitrogen and oxygen atoms in total. The van der Waals surface area contributed by atoms with Crippen molar-refractivity contribution in [2.24, 2.45) is 5.92 Å². The van der Waals surface area contributed by atoms with Crippen LogP contribution in [0.3, 0.4) is 0 Å². The van der Waals surface area contributed by atoms with Crippen molar-refractivity contribution in [2.45, 2.75) is 31.3 Å². The molecular weight excluding hydrogens is 584 g/mol. The van der Waals surface area contributed by atoms with E-state index in [9.17, 15) is 29.4 Å². The first kappa shape index (κ1) is 29.7. The Morgan fingerprint density at radius 1 is 1.07 bits per heavy atom. The van der Waals surface area contributed by atoms with Crippen LogP contribution in [0.2, 0.25) is 5.02 Å². The fraction of sp³-hybridized carbons (Fsp3) is 0.290. The number of carboxylic acids is 1. The van der Waals surface area contributed by atoms with E-state index in [1.165, 1.54) is 45.6 Å². The first-order valence-corrected chi connectivity index (χ1v) is 13.5. The molecule has 0 unspecified atom stereocenters. The molecule has 0 fully saturated rings. The summed E-state index contributed by atoms with van der Waals surface area (Å²) >= 11 is 6.51. The van der Waals surface area contributed by atoms with Crippen LogP contribution in [0.1, 0.15) is 52.2 Å². The second-order valence-corrected chi connectivity index (χ2v) is 10.6. The Balaban J connectivity index is 1.65. The molecule has 0 saturated heterocycles. The molecule has 1 spiro atoms. The number of halogens is 1. The Labute approximate surface area is 250 Å². The highest BCUT2D eigenvalue weighted by atomic mass is 35.5. The quantitative estimate of drug-likeness (QED) is 0.315. The molecule has 3 atom stereocenters. The highest BCUT2D eigenvalue weighted by Crippen LogP contribution is 2.56. The fourth-order valence-corrected chi connectivity index (χ4v) is 5.87. The molecule has 1 aliphatic heterocycles. The lowest BCUT2D eigenvalue weighted by molar-refractivity contribution is -0.141. The molecule has 2 aliphatic rings. The Kier molecular flexibility index (Phi) is 7.70. The lowest BCUT2D eigenvalue weighted by atomic mass is 9.69. The number of methoxy groups -OCH3 is 3. The van der Waals surface area contributed by atoms with E-state index >= 15 is 0 Å². The predicted molar refractivity (Wildman–Crippen MR) is 151 cm³/mol. The summed E-state index contributed by atoms with van der Waals surface area (Å²) in [6.45, 7) is 1.59. The van der Waals surface area contributed by atoms with E-state index < -0.39 is 53.1 Å². The number of aliphatic hydroxyl groups is 1. The second-order valence-electron chi connectivity index (χ2n) is 10.2. The second kappa shape index (κ2) is 11.1. The number of ketones is 2. The Morgan fingerprint density at radius 2 is 1.74 bits per heavy atom. The van der Waals surface area contributed by atoms with Gasteiger partial charge >= 0.3 is 11.9 Å². The lowest BCUT2D eigenvalue weighted by Gasteiger charge is -2.38. The lowest BCUT2D eigenvalue weighted by Crippen LogP contribution is -2.53. The van der Waals surface area contributed by atoms with E-state index in [-0.39, 0.29) is 51.2 Å². The maximum atomic E-state index is 14.1. The molecule has 0 saturated carbocycles. The van der Waals surface area contributed by atoms with Gasteiger partial charge in [0.25, 0.3) is 0 Å². The molecule has 1 aliphatic carbocycles. The van der Waals surface area contributed by atoms with E-state index in [1.807, 2.05) is 0 Å². The molecule has 12 heteroatoms. The van der Waals surface area contributed by atoms with Crippen molar-refractivity contribution in [3.8, 4) is 28.6 Å². The SMILES string of the molecule is COC(=O)C[C@H](C1=C(O)[C@@]2(Oc3c(Cl)c(OC)cc(OC)c3C2=O)[C@H](C)CC1=O)c1ccc(-c2ccc(C(=O)O)cc2)o1. The van der Waals surface area contributed by atoms with Gasteiger partial charge in [-0.2, -0.15) is 0 Å². The van der Waals surface area contributed by atoms with Gasteiger partial charge in [-0.15, -0.1) is 0 Å². The van der Waals surface area contributed by atoms with Crippen molar-refractivity contribution in [3.05, 3.63) is 75.7 Å². The van der Waals surface area contributed by atoms with Crippen molar-refractivity contribution < 1.29 is 52.8 Å². The van der Waals surface area contributed by atoms with Gasteiger partial charge in [-0.3, -0.25) is 14.4 Å². The number of rotatable bonds is 8. The number of hydrogen-bond acceptors (Lipinski definition) is 10. The van der Waals surface area contributed by atoms with Crippen LogP contribution >= 0.6 is 11.6 Å². The van der Waals surface area contributed by atoms with Crippen LogP contribution in [0.15, 0.2) is 58.2 Å². The monoisotopic (exact) mass is 610 g/mol. The van der Waals surface area contributed by atoms with Crippen molar-refractivity contribution >= 4 is 35.1 Å². The minimum absolute atomic E-state index is 0.0160. The molecule has 1 aromatic heterocycles. The van der Waals surface area contributed by atoms with Crippen molar-refractivity contribution in [1.29, 1.82) is 0 Å². The van der Waals surface area contributed by atoms with Crippen LogP contribution in [0, 0.1) is 5.92 Å². The zero-order chi connectivity index (χ0) is 31.2. The molecule has 0 radical (unpaired) electrons. The number of carboxylic acid groups (broad SMARTS) is 1. The normalized spacial score (nSPS) is 20.1. The summed E-state index contributed by atoms with van der Waals surface area (Å²) in [5.41, 5.74) is -1.70. The summed E-state index contributed by atoms with van der Waals surface area (Å²) in [5.74, 6) is -5.00. The van der Waals surface area contributed by atoms with Crippen LogP contribution < -0.4 is 14.2 Å². The molecule has 43 heavy (non-hydrogen) atoms. The zero-order valence-corrected chi connectivity index (χ0v) is 24.3. The van der Waals surface area contributed by atoms with Gasteiger partial charge < -0.3 is 33.6 Å². The highest BCUT2D eigenvalue weighted by Gasteiger charge is 2.61. The molecular formula is C31H27ClO11. The van der Waals surface area contributed by atoms with Crippen LogP contribution in [0.4, 0.5) is 0 Å². The van der Waals surface area contributed by atoms with Gasteiger partial charge in [-0.25, -0.2) is 4.79 Å². The smallest absolute Gasteiger partial charge is 0.335 e. The van der Waals surface area contributed by atoms with E-state index in [4.69, 9.17) is 35.0 Å². The molecule has 0 bridgehead atoms. The number of benzene rings is 2. The molecule has 224 valence electrons. The van der Waals surface area contributed by atoms with Crippen molar-refractivity contribution in [2.75, 3.05) is 21.3 Å². The van der Waals surface area contributed by atoms with Gasteiger partial charge in [0, 0.05) is 29.5 Å². The van der Waals surface area contributed by atoms with Crippen LogP contribution in [0.25, 0.3) is 11.3 Å². The van der Waals surface area contributed by atoms with Gasteiger partial charge in [-0.1, -0.05) is 30.7 Å². The average molecular weight is 611 g/mol. The van der Waals surface area contributed by atoms with Gasteiger partial charge in [-0.05, 0) is 24.3 Å². The number of fused-ring (bicyclic) bond motifs is 1. The molecule has 2 aromatic carbocycles. The Hall–Kier alpha value is -4.77. The van der Waals surface area contributed by atoms with E-state index in [0.717, 1.165) is 0 Å². The molecule has 3 aromatic rings. The van der Waals surface area contributed by atoms with Crippen LogP contribution in [-0.2, 0) is 14.3 Å². The summed E-state index contributed by atoms with van der Waals surface area (Å²) in [7, 11) is 3.91. The Morgan fingerprint density at radius 3 is 2.35 bits per heavy atom. The summed E-state index contributed by atoms with van der Waals surface area (Å²) in [5, 5.41) is 21.0. The molecule has 5 rings (SSSR count). The topological polar surface area (TPSA) is 159 Å². The predicted octanol–water partition coefficient (Wildman–Crippen LogP) is 5.40. The number of esters is 1. The minimum Gasteiger partial charge on any atom is -0.507 e. The fourth-order valence-electron chi connectivity index (χ4n) is 5.61. The van der Waals surface area contributed by atoms with Crippen LogP contribution in [0.5, 0.6) is 17.2 Å². The maximum absolute atomic E-state index is 14.1. The maximum Gasteiger partial charge on any atom is 0.335 e. The van der Waals surface area contributed by atoms with E-state index in [2.05, 4.69) is 0 Å².